The summed E-state index contributed by atoms with van der Waals surface area (Å²) in [7, 11) is 0. The molecule has 0 saturated heterocycles. The van der Waals surface area contributed by atoms with Gasteiger partial charge >= 0.3 is 11.9 Å². The molecule has 0 radical (unpaired) electrons. The molecule has 4 heteroatoms. The number of hydrogen-bond acceptors (Lipinski definition) is 4. The van der Waals surface area contributed by atoms with Gasteiger partial charge in [-0.05, 0) is 32.1 Å². The Bertz CT molecular complexity index is 345. The lowest BCUT2D eigenvalue weighted by Crippen LogP contribution is -2.17. The summed E-state index contributed by atoms with van der Waals surface area (Å²) in [6.45, 7) is 8.64. The molecule has 0 unspecified atom stereocenters. The Morgan fingerprint density at radius 1 is 0.714 bits per heavy atom. The fourth-order valence-corrected chi connectivity index (χ4v) is 1.97. The predicted molar refractivity (Wildman–Crippen MR) is 84.0 cm³/mol. The standard InChI is InChI=1S/C17H30O4/c1-5-9-10-11-15(17(19)21-13-7-3)14(8-4)16(18)20-12-6-2/h5-13H2,1-4H3/b15-14-. The third-order valence-corrected chi connectivity index (χ3v) is 3.12. The summed E-state index contributed by atoms with van der Waals surface area (Å²) < 4.78 is 10.4. The minimum absolute atomic E-state index is 0.363. The molecule has 0 bridgehead atoms. The van der Waals surface area contributed by atoms with Gasteiger partial charge in [-0.25, -0.2) is 9.59 Å². The molecule has 0 aliphatic heterocycles. The van der Waals surface area contributed by atoms with Gasteiger partial charge in [0.1, 0.15) is 0 Å². The van der Waals surface area contributed by atoms with Crippen LogP contribution in [0.1, 0.15) is 72.6 Å². The fourth-order valence-electron chi connectivity index (χ4n) is 1.97. The Morgan fingerprint density at radius 3 is 1.67 bits per heavy atom. The highest BCUT2D eigenvalue weighted by atomic mass is 16.5. The first-order valence-corrected chi connectivity index (χ1v) is 8.18. The zero-order chi connectivity index (χ0) is 16.1. The summed E-state index contributed by atoms with van der Waals surface area (Å²) in [6.07, 6.45) is 5.61. The average molecular weight is 298 g/mol. The lowest BCUT2D eigenvalue weighted by molar-refractivity contribution is -0.142. The van der Waals surface area contributed by atoms with Crippen molar-refractivity contribution in [1.82, 2.24) is 0 Å². The van der Waals surface area contributed by atoms with E-state index in [1.807, 2.05) is 20.8 Å². The van der Waals surface area contributed by atoms with Crippen LogP contribution in [0.3, 0.4) is 0 Å². The highest BCUT2D eigenvalue weighted by molar-refractivity contribution is 6.00. The van der Waals surface area contributed by atoms with Crippen LogP contribution in [0, 0.1) is 0 Å². The van der Waals surface area contributed by atoms with Gasteiger partial charge < -0.3 is 9.47 Å². The van der Waals surface area contributed by atoms with Crippen LogP contribution in [-0.2, 0) is 19.1 Å². The maximum Gasteiger partial charge on any atom is 0.334 e. The number of rotatable bonds is 11. The maximum atomic E-state index is 12.2. The number of unbranched alkanes of at least 4 members (excludes halogenated alkanes) is 2. The summed E-state index contributed by atoms with van der Waals surface area (Å²) >= 11 is 0. The van der Waals surface area contributed by atoms with E-state index in [1.165, 1.54) is 0 Å². The quantitative estimate of drug-likeness (QED) is 0.326. The number of ether oxygens (including phenoxy) is 2. The highest BCUT2D eigenvalue weighted by Crippen LogP contribution is 2.19. The van der Waals surface area contributed by atoms with Crippen molar-refractivity contribution in [1.29, 1.82) is 0 Å². The van der Waals surface area contributed by atoms with Crippen molar-refractivity contribution in [2.24, 2.45) is 0 Å². The van der Waals surface area contributed by atoms with E-state index < -0.39 is 0 Å². The Balaban J connectivity index is 5.09. The van der Waals surface area contributed by atoms with Gasteiger partial charge in [-0.1, -0.05) is 40.5 Å². The van der Waals surface area contributed by atoms with Gasteiger partial charge in [0.15, 0.2) is 0 Å². The molecular formula is C17H30O4. The molecule has 4 nitrogen and oxygen atoms in total. The van der Waals surface area contributed by atoms with Crippen LogP contribution >= 0.6 is 0 Å². The van der Waals surface area contributed by atoms with Gasteiger partial charge in [-0.15, -0.1) is 0 Å². The third kappa shape index (κ3) is 7.88. The van der Waals surface area contributed by atoms with Crippen LogP contribution in [0.25, 0.3) is 0 Å². The zero-order valence-corrected chi connectivity index (χ0v) is 14.0. The van der Waals surface area contributed by atoms with Crippen LogP contribution < -0.4 is 0 Å². The van der Waals surface area contributed by atoms with Crippen molar-refractivity contribution < 1.29 is 19.1 Å². The first-order valence-electron chi connectivity index (χ1n) is 8.18. The van der Waals surface area contributed by atoms with Crippen molar-refractivity contribution in [3.8, 4) is 0 Å². The molecule has 0 atom stereocenters. The average Bonchev–Trinajstić information content (AvgIpc) is 2.49. The van der Waals surface area contributed by atoms with Gasteiger partial charge in [0.2, 0.25) is 0 Å². The predicted octanol–water partition coefficient (Wildman–Crippen LogP) is 4.18. The molecular weight excluding hydrogens is 268 g/mol. The molecule has 0 heterocycles. The smallest absolute Gasteiger partial charge is 0.334 e. The van der Waals surface area contributed by atoms with Crippen molar-refractivity contribution >= 4 is 11.9 Å². The molecule has 0 N–H and O–H groups in total. The fraction of sp³-hybridized carbons (Fsp3) is 0.765. The van der Waals surface area contributed by atoms with E-state index in [1.54, 1.807) is 0 Å². The van der Waals surface area contributed by atoms with E-state index in [2.05, 4.69) is 6.92 Å². The minimum Gasteiger partial charge on any atom is -0.462 e. The third-order valence-electron chi connectivity index (χ3n) is 3.12. The normalized spacial score (nSPS) is 11.8. The van der Waals surface area contributed by atoms with Gasteiger partial charge in [0.05, 0.1) is 13.2 Å². The molecule has 0 aromatic rings. The summed E-state index contributed by atoms with van der Waals surface area (Å²) in [5.41, 5.74) is 0.973. The van der Waals surface area contributed by atoms with E-state index in [0.717, 1.165) is 32.1 Å². The summed E-state index contributed by atoms with van der Waals surface area (Å²) in [6, 6.07) is 0. The largest absolute Gasteiger partial charge is 0.462 e. The van der Waals surface area contributed by atoms with Crippen LogP contribution in [0.15, 0.2) is 11.1 Å². The van der Waals surface area contributed by atoms with Crippen molar-refractivity contribution in [3.05, 3.63) is 11.1 Å². The van der Waals surface area contributed by atoms with Crippen LogP contribution in [0.2, 0.25) is 0 Å². The number of esters is 2. The van der Waals surface area contributed by atoms with Crippen molar-refractivity contribution in [2.45, 2.75) is 72.6 Å². The van der Waals surface area contributed by atoms with E-state index in [0.29, 0.717) is 37.2 Å². The van der Waals surface area contributed by atoms with E-state index in [-0.39, 0.29) is 11.9 Å². The van der Waals surface area contributed by atoms with Crippen molar-refractivity contribution in [2.75, 3.05) is 13.2 Å². The molecule has 0 aliphatic carbocycles. The maximum absolute atomic E-state index is 12.2. The molecule has 21 heavy (non-hydrogen) atoms. The molecule has 0 aliphatic rings. The van der Waals surface area contributed by atoms with E-state index in [4.69, 9.17) is 9.47 Å². The topological polar surface area (TPSA) is 52.6 Å². The Kier molecular flexibility index (Phi) is 11.6. The second kappa shape index (κ2) is 12.4. The second-order valence-corrected chi connectivity index (χ2v) is 5.04. The van der Waals surface area contributed by atoms with E-state index >= 15 is 0 Å². The van der Waals surface area contributed by atoms with Crippen LogP contribution in [0.4, 0.5) is 0 Å². The summed E-state index contributed by atoms with van der Waals surface area (Å²) in [5.74, 6) is -0.738. The molecule has 0 amide bonds. The first kappa shape index (κ1) is 19.7. The Morgan fingerprint density at radius 2 is 1.24 bits per heavy atom. The second-order valence-electron chi connectivity index (χ2n) is 5.04. The highest BCUT2D eigenvalue weighted by Gasteiger charge is 2.21. The zero-order valence-electron chi connectivity index (χ0n) is 14.0. The van der Waals surface area contributed by atoms with Gasteiger partial charge in [-0.2, -0.15) is 0 Å². The lowest BCUT2D eigenvalue weighted by Gasteiger charge is -2.13. The van der Waals surface area contributed by atoms with Crippen LogP contribution in [0.5, 0.6) is 0 Å². The minimum atomic E-state index is -0.376. The monoisotopic (exact) mass is 298 g/mol. The van der Waals surface area contributed by atoms with Gasteiger partial charge in [0, 0.05) is 11.1 Å². The molecule has 0 aromatic heterocycles. The lowest BCUT2D eigenvalue weighted by atomic mass is 9.99. The molecule has 0 rings (SSSR count). The molecule has 0 fully saturated rings. The van der Waals surface area contributed by atoms with Crippen LogP contribution in [-0.4, -0.2) is 25.2 Å². The van der Waals surface area contributed by atoms with Gasteiger partial charge in [0.25, 0.3) is 0 Å². The first-order chi connectivity index (χ1) is 10.1. The van der Waals surface area contributed by atoms with Crippen molar-refractivity contribution in [3.63, 3.8) is 0 Å². The Labute approximate surface area is 128 Å². The summed E-state index contributed by atoms with van der Waals surface area (Å²) in [5, 5.41) is 0. The number of hydrogen-bond donors (Lipinski definition) is 0. The summed E-state index contributed by atoms with van der Waals surface area (Å²) in [4.78, 5) is 24.3. The number of carbonyl (C=O) groups is 2. The number of carbonyl (C=O) groups excluding carboxylic acids is 2. The molecule has 0 spiro atoms. The molecule has 0 saturated carbocycles. The Hall–Kier alpha value is -1.32. The van der Waals surface area contributed by atoms with Gasteiger partial charge in [-0.3, -0.25) is 0 Å². The molecule has 122 valence electrons. The SMILES string of the molecule is CCCCC/C(C(=O)OCCC)=C(\CC)C(=O)OCCC. The molecule has 0 aromatic carbocycles. The van der Waals surface area contributed by atoms with E-state index in [9.17, 15) is 9.59 Å².